The number of hydrogen-bond donors (Lipinski definition) is 1. The lowest BCUT2D eigenvalue weighted by Crippen LogP contribution is -1.94. The molecule has 0 radical (unpaired) electrons. The summed E-state index contributed by atoms with van der Waals surface area (Å²) in [5, 5.41) is 0. The van der Waals surface area contributed by atoms with E-state index in [-0.39, 0.29) is 0 Å². The van der Waals surface area contributed by atoms with Gasteiger partial charge in [0.25, 0.3) is 0 Å². The molecule has 0 atom stereocenters. The van der Waals surface area contributed by atoms with E-state index in [1.54, 1.807) is 13.3 Å². The lowest BCUT2D eigenvalue weighted by atomic mass is 10.1. The van der Waals surface area contributed by atoms with E-state index in [2.05, 4.69) is 9.97 Å². The molecule has 1 aromatic carbocycles. The lowest BCUT2D eigenvalue weighted by molar-refractivity contribution is 0.410. The quantitative estimate of drug-likeness (QED) is 0.800. The van der Waals surface area contributed by atoms with E-state index in [0.29, 0.717) is 0 Å². The van der Waals surface area contributed by atoms with Gasteiger partial charge in [-0.1, -0.05) is 18.2 Å². The van der Waals surface area contributed by atoms with Crippen molar-refractivity contribution in [3.8, 4) is 5.75 Å². The molecule has 0 fully saturated rings. The summed E-state index contributed by atoms with van der Waals surface area (Å²) in [4.78, 5) is 7.25. The smallest absolute Gasteiger partial charge is 0.122 e. The zero-order valence-corrected chi connectivity index (χ0v) is 8.03. The van der Waals surface area contributed by atoms with Crippen LogP contribution in [0.1, 0.15) is 11.4 Å². The summed E-state index contributed by atoms with van der Waals surface area (Å²) in [7, 11) is 1.68. The van der Waals surface area contributed by atoms with Crippen molar-refractivity contribution >= 4 is 0 Å². The van der Waals surface area contributed by atoms with E-state index in [4.69, 9.17) is 4.74 Å². The van der Waals surface area contributed by atoms with Crippen LogP contribution in [0.2, 0.25) is 0 Å². The maximum Gasteiger partial charge on any atom is 0.122 e. The Hall–Kier alpha value is -1.77. The van der Waals surface area contributed by atoms with Crippen LogP contribution in [0.25, 0.3) is 0 Å². The Bertz CT molecular complexity index is 395. The van der Waals surface area contributed by atoms with Crippen molar-refractivity contribution < 1.29 is 4.74 Å². The third-order valence-corrected chi connectivity index (χ3v) is 2.11. The molecule has 1 heterocycles. The van der Waals surface area contributed by atoms with Gasteiger partial charge in [-0.3, -0.25) is 0 Å². The Morgan fingerprint density at radius 1 is 1.36 bits per heavy atom. The number of benzene rings is 1. The average Bonchev–Trinajstić information content (AvgIpc) is 2.71. The SMILES string of the molecule is COc1ccccc1Cc1ncc[nH]1. The number of imidazole rings is 1. The number of nitrogens with one attached hydrogen (secondary N) is 1. The Morgan fingerprint density at radius 2 is 2.21 bits per heavy atom. The van der Waals surface area contributed by atoms with Gasteiger partial charge in [-0.25, -0.2) is 4.98 Å². The van der Waals surface area contributed by atoms with Crippen molar-refractivity contribution in [1.29, 1.82) is 0 Å². The van der Waals surface area contributed by atoms with E-state index < -0.39 is 0 Å². The van der Waals surface area contributed by atoms with Gasteiger partial charge in [0.05, 0.1) is 7.11 Å². The molecule has 14 heavy (non-hydrogen) atoms. The van der Waals surface area contributed by atoms with Gasteiger partial charge in [-0.2, -0.15) is 0 Å². The van der Waals surface area contributed by atoms with Crippen molar-refractivity contribution in [2.45, 2.75) is 6.42 Å². The van der Waals surface area contributed by atoms with Gasteiger partial charge < -0.3 is 9.72 Å². The second-order valence-electron chi connectivity index (χ2n) is 3.02. The largest absolute Gasteiger partial charge is 0.496 e. The Labute approximate surface area is 82.8 Å². The number of nitrogens with zero attached hydrogens (tertiary/aromatic N) is 1. The van der Waals surface area contributed by atoms with E-state index >= 15 is 0 Å². The number of aromatic amines is 1. The van der Waals surface area contributed by atoms with Crippen molar-refractivity contribution in [2.24, 2.45) is 0 Å². The molecular formula is C11H12N2O. The summed E-state index contributed by atoms with van der Waals surface area (Å²) >= 11 is 0. The zero-order valence-electron chi connectivity index (χ0n) is 8.03. The highest BCUT2D eigenvalue weighted by Gasteiger charge is 2.03. The average molecular weight is 188 g/mol. The van der Waals surface area contributed by atoms with Gasteiger partial charge in [0.1, 0.15) is 11.6 Å². The molecule has 0 spiro atoms. The summed E-state index contributed by atoms with van der Waals surface area (Å²) in [5.41, 5.74) is 1.14. The minimum atomic E-state index is 0.775. The Kier molecular flexibility index (Phi) is 2.49. The number of rotatable bonds is 3. The molecule has 3 heteroatoms. The number of H-pyrrole nitrogens is 1. The zero-order chi connectivity index (χ0) is 9.80. The van der Waals surface area contributed by atoms with Crippen molar-refractivity contribution in [2.75, 3.05) is 7.11 Å². The number of para-hydroxylation sites is 1. The predicted molar refractivity (Wildman–Crippen MR) is 54.4 cm³/mol. The standard InChI is InChI=1S/C11H12N2O/c1-14-10-5-3-2-4-9(10)8-11-12-6-7-13-11/h2-7H,8H2,1H3,(H,12,13). The third-order valence-electron chi connectivity index (χ3n) is 2.11. The van der Waals surface area contributed by atoms with Gasteiger partial charge in [0.2, 0.25) is 0 Å². The molecule has 0 aliphatic rings. The van der Waals surface area contributed by atoms with Gasteiger partial charge >= 0.3 is 0 Å². The molecule has 0 saturated heterocycles. The summed E-state index contributed by atoms with van der Waals surface area (Å²) in [6.45, 7) is 0. The molecule has 0 unspecified atom stereocenters. The minimum absolute atomic E-state index is 0.775. The van der Waals surface area contributed by atoms with E-state index in [1.165, 1.54) is 0 Å². The fourth-order valence-corrected chi connectivity index (χ4v) is 1.42. The molecule has 0 aliphatic heterocycles. The molecule has 1 N–H and O–H groups in total. The van der Waals surface area contributed by atoms with Crippen LogP contribution in [-0.2, 0) is 6.42 Å². The summed E-state index contributed by atoms with van der Waals surface area (Å²) in [6.07, 6.45) is 4.35. The monoisotopic (exact) mass is 188 g/mol. The molecule has 2 rings (SSSR count). The molecular weight excluding hydrogens is 176 g/mol. The summed E-state index contributed by atoms with van der Waals surface area (Å²) in [5.74, 6) is 1.86. The maximum atomic E-state index is 5.25. The molecule has 72 valence electrons. The lowest BCUT2D eigenvalue weighted by Gasteiger charge is -2.05. The fraction of sp³-hybridized carbons (Fsp3) is 0.182. The van der Waals surface area contributed by atoms with Gasteiger partial charge in [0, 0.05) is 24.4 Å². The number of hydrogen-bond acceptors (Lipinski definition) is 2. The second-order valence-corrected chi connectivity index (χ2v) is 3.02. The summed E-state index contributed by atoms with van der Waals surface area (Å²) in [6, 6.07) is 7.96. The number of ether oxygens (including phenoxy) is 1. The van der Waals surface area contributed by atoms with Gasteiger partial charge in [-0.05, 0) is 6.07 Å². The van der Waals surface area contributed by atoms with Crippen LogP contribution in [-0.4, -0.2) is 17.1 Å². The van der Waals surface area contributed by atoms with Crippen molar-refractivity contribution in [3.63, 3.8) is 0 Å². The van der Waals surface area contributed by atoms with Crippen LogP contribution in [0, 0.1) is 0 Å². The first-order valence-corrected chi connectivity index (χ1v) is 4.50. The van der Waals surface area contributed by atoms with Gasteiger partial charge in [-0.15, -0.1) is 0 Å². The van der Waals surface area contributed by atoms with E-state index in [0.717, 1.165) is 23.6 Å². The van der Waals surface area contributed by atoms with Crippen LogP contribution < -0.4 is 4.74 Å². The summed E-state index contributed by atoms with van der Waals surface area (Å²) < 4.78 is 5.25. The Morgan fingerprint density at radius 3 is 2.93 bits per heavy atom. The maximum absolute atomic E-state index is 5.25. The van der Waals surface area contributed by atoms with E-state index in [9.17, 15) is 0 Å². The first-order chi connectivity index (χ1) is 6.90. The normalized spacial score (nSPS) is 10.1. The molecule has 0 amide bonds. The Balaban J connectivity index is 2.24. The second kappa shape index (κ2) is 3.96. The molecule has 0 aliphatic carbocycles. The third kappa shape index (κ3) is 1.76. The van der Waals surface area contributed by atoms with E-state index in [1.807, 2.05) is 30.5 Å². The van der Waals surface area contributed by atoms with Crippen molar-refractivity contribution in [3.05, 3.63) is 48.0 Å². The first kappa shape index (κ1) is 8.81. The van der Waals surface area contributed by atoms with Gasteiger partial charge in [0.15, 0.2) is 0 Å². The molecule has 1 aromatic heterocycles. The van der Waals surface area contributed by atoms with Crippen LogP contribution in [0.15, 0.2) is 36.7 Å². The fourth-order valence-electron chi connectivity index (χ4n) is 1.42. The highest BCUT2D eigenvalue weighted by molar-refractivity contribution is 5.35. The van der Waals surface area contributed by atoms with Crippen LogP contribution in [0.4, 0.5) is 0 Å². The molecule has 0 saturated carbocycles. The first-order valence-electron chi connectivity index (χ1n) is 4.50. The highest BCUT2D eigenvalue weighted by atomic mass is 16.5. The number of aromatic nitrogens is 2. The van der Waals surface area contributed by atoms with Crippen molar-refractivity contribution in [1.82, 2.24) is 9.97 Å². The molecule has 2 aromatic rings. The number of methoxy groups -OCH3 is 1. The molecule has 3 nitrogen and oxygen atoms in total. The highest BCUT2D eigenvalue weighted by Crippen LogP contribution is 2.19. The predicted octanol–water partition coefficient (Wildman–Crippen LogP) is 2.01. The van der Waals surface area contributed by atoms with Crippen LogP contribution in [0.5, 0.6) is 5.75 Å². The minimum Gasteiger partial charge on any atom is -0.496 e. The van der Waals surface area contributed by atoms with Crippen LogP contribution >= 0.6 is 0 Å². The van der Waals surface area contributed by atoms with Crippen LogP contribution in [0.3, 0.4) is 0 Å². The topological polar surface area (TPSA) is 37.9 Å². The molecule has 0 bridgehead atoms.